The molecule has 4 bridgehead atoms. The van der Waals surface area contributed by atoms with Crippen LogP contribution in [0.15, 0.2) is 41.5 Å². The summed E-state index contributed by atoms with van der Waals surface area (Å²) in [6, 6.07) is 5.03. The summed E-state index contributed by atoms with van der Waals surface area (Å²) in [5, 5.41) is 13.7. The normalized spacial score (nSPS) is 33.8. The van der Waals surface area contributed by atoms with Gasteiger partial charge in [-0.3, -0.25) is 38.5 Å². The van der Waals surface area contributed by atoms with E-state index in [4.69, 9.17) is 42.6 Å². The van der Waals surface area contributed by atoms with Crippen LogP contribution in [0.4, 0.5) is 0 Å². The third kappa shape index (κ3) is 8.23. The van der Waals surface area contributed by atoms with Crippen LogP contribution >= 0.6 is 0 Å². The van der Waals surface area contributed by atoms with Crippen molar-refractivity contribution in [3.05, 3.63) is 63.8 Å². The topological polar surface area (TPSA) is 275 Å². The predicted molar refractivity (Wildman–Crippen MR) is 215 cm³/mol. The first kappa shape index (κ1) is 48.2. The van der Waals surface area contributed by atoms with E-state index < -0.39 is 150 Å². The molecule has 6 rings (SSSR count). The Morgan fingerprint density at radius 2 is 1.46 bits per heavy atom. The van der Waals surface area contributed by atoms with E-state index in [0.717, 1.165) is 57.5 Å². The lowest BCUT2D eigenvalue weighted by molar-refractivity contribution is -0.386. The van der Waals surface area contributed by atoms with Gasteiger partial charge in [-0.15, -0.1) is 0 Å². The number of cyclic esters (lactones) is 1. The number of aromatic nitrogens is 2. The summed E-state index contributed by atoms with van der Waals surface area (Å²) in [4.78, 5) is 127. The van der Waals surface area contributed by atoms with Crippen molar-refractivity contribution in [2.75, 3.05) is 13.2 Å². The first-order valence-electron chi connectivity index (χ1n) is 20.8. The van der Waals surface area contributed by atoms with Crippen LogP contribution in [-0.4, -0.2) is 129 Å². The van der Waals surface area contributed by atoms with E-state index in [9.17, 15) is 48.3 Å². The minimum Gasteiger partial charge on any atom is -0.464 e. The lowest BCUT2D eigenvalue weighted by atomic mass is 9.45. The number of nitrogens with zero attached hydrogens (tertiary/aromatic N) is 2. The smallest absolute Gasteiger partial charge is 0.340 e. The van der Waals surface area contributed by atoms with Crippen molar-refractivity contribution >= 4 is 47.8 Å². The summed E-state index contributed by atoms with van der Waals surface area (Å²) in [5.74, 6) is -11.8. The molecular weight excluding hydrogens is 860 g/mol. The van der Waals surface area contributed by atoms with Crippen LogP contribution < -0.4 is 5.56 Å². The number of hydrogen-bond acceptors (Lipinski definition) is 20. The van der Waals surface area contributed by atoms with Gasteiger partial charge in [0.15, 0.2) is 30.0 Å². The summed E-state index contributed by atoms with van der Waals surface area (Å²) in [6.45, 7) is 8.95. The lowest BCUT2D eigenvalue weighted by Gasteiger charge is -2.67. The van der Waals surface area contributed by atoms with Crippen LogP contribution in [0.2, 0.25) is 0 Å². The fourth-order valence-electron chi connectivity index (χ4n) is 9.99. The Kier molecular flexibility index (Phi) is 13.1. The van der Waals surface area contributed by atoms with E-state index in [2.05, 4.69) is 4.98 Å². The zero-order valence-electron chi connectivity index (χ0n) is 37.5. The van der Waals surface area contributed by atoms with Crippen LogP contribution in [0.3, 0.4) is 0 Å². The van der Waals surface area contributed by atoms with Crippen molar-refractivity contribution in [1.82, 2.24) is 9.55 Å². The zero-order chi connectivity index (χ0) is 48.1. The molecule has 2 aliphatic heterocycles. The molecule has 21 nitrogen and oxygen atoms in total. The van der Waals surface area contributed by atoms with E-state index in [1.807, 2.05) is 0 Å². The number of aryl methyl sites for hydroxylation is 1. The summed E-state index contributed by atoms with van der Waals surface area (Å²) in [7, 11) is 1.35. The Labute approximate surface area is 372 Å². The molecule has 4 aliphatic rings. The molecule has 0 aromatic carbocycles. The third-order valence-electron chi connectivity index (χ3n) is 12.5. The molecule has 4 heterocycles. The SMILES string of the molecule is CC(=O)O[C@@H]1[C@@H]2[C@@H](OC(C)=O)[C@@]34O[C@@]2(C)COC(=O)c2cccnc2C(C)CC(=O)O[C@@H]([C@H](OC(=O)c2ccc(=O)n(C)c2)[C@H](OC(C)=O)[C@@]3(COC(=O)C(C)C)[C@@H]1OC(C)=O)[C@]4(C)O. The number of esters is 8. The number of fused-ring (bicyclic) bond motifs is 5. The van der Waals surface area contributed by atoms with Gasteiger partial charge in [0.25, 0.3) is 0 Å². The van der Waals surface area contributed by atoms with Crippen LogP contribution in [-0.2, 0) is 78.4 Å². The zero-order valence-corrected chi connectivity index (χ0v) is 37.5. The molecule has 12 atom stereocenters. The van der Waals surface area contributed by atoms with Gasteiger partial charge >= 0.3 is 47.8 Å². The number of carbonyl (C=O) groups excluding carboxylic acids is 8. The number of hydrogen-bond donors (Lipinski definition) is 1. The summed E-state index contributed by atoms with van der Waals surface area (Å²) in [5.41, 5.74) is -11.3. The van der Waals surface area contributed by atoms with E-state index in [1.54, 1.807) is 6.92 Å². The Hall–Kier alpha value is -6.22. The minimum absolute atomic E-state index is 0.0698. The van der Waals surface area contributed by atoms with Gasteiger partial charge in [0.05, 0.1) is 35.1 Å². The number of aliphatic hydroxyl groups is 1. The Morgan fingerprint density at radius 1 is 0.862 bits per heavy atom. The molecule has 2 aliphatic carbocycles. The van der Waals surface area contributed by atoms with Gasteiger partial charge in [-0.2, -0.15) is 0 Å². The highest BCUT2D eigenvalue weighted by molar-refractivity contribution is 5.91. The summed E-state index contributed by atoms with van der Waals surface area (Å²) < 4.78 is 56.7. The largest absolute Gasteiger partial charge is 0.464 e. The maximum Gasteiger partial charge on any atom is 0.340 e. The van der Waals surface area contributed by atoms with Crippen molar-refractivity contribution in [3.8, 4) is 0 Å². The molecule has 1 N–H and O–H groups in total. The average Bonchev–Trinajstić information content (AvgIpc) is 3.43. The molecule has 352 valence electrons. The van der Waals surface area contributed by atoms with Gasteiger partial charge in [-0.05, 0) is 32.0 Å². The van der Waals surface area contributed by atoms with Gasteiger partial charge < -0.3 is 52.3 Å². The van der Waals surface area contributed by atoms with Gasteiger partial charge in [-0.25, -0.2) is 9.59 Å². The fourth-order valence-corrected chi connectivity index (χ4v) is 9.99. The molecular formula is C44H52N2O19. The van der Waals surface area contributed by atoms with Crippen LogP contribution in [0.5, 0.6) is 0 Å². The van der Waals surface area contributed by atoms with Crippen molar-refractivity contribution in [1.29, 1.82) is 0 Å². The van der Waals surface area contributed by atoms with E-state index in [1.165, 1.54) is 46.1 Å². The monoisotopic (exact) mass is 912 g/mol. The fraction of sp³-hybridized carbons (Fsp3) is 0.591. The molecule has 0 amide bonds. The van der Waals surface area contributed by atoms with Crippen LogP contribution in [0, 0.1) is 17.3 Å². The number of rotatable bonds is 9. The van der Waals surface area contributed by atoms with E-state index >= 15 is 0 Å². The molecule has 65 heavy (non-hydrogen) atoms. The van der Waals surface area contributed by atoms with E-state index in [0.29, 0.717) is 0 Å². The quantitative estimate of drug-likeness (QED) is 0.275. The highest BCUT2D eigenvalue weighted by Gasteiger charge is 2.92. The molecule has 2 aromatic heterocycles. The second kappa shape index (κ2) is 17.6. The molecule has 2 aromatic rings. The molecule has 0 radical (unpaired) electrons. The molecule has 1 unspecified atom stereocenters. The van der Waals surface area contributed by atoms with Crippen molar-refractivity contribution in [2.24, 2.45) is 24.3 Å². The van der Waals surface area contributed by atoms with Crippen LogP contribution in [0.1, 0.15) is 101 Å². The van der Waals surface area contributed by atoms with Gasteiger partial charge in [0.1, 0.15) is 42.0 Å². The number of pyridine rings is 2. The van der Waals surface area contributed by atoms with Gasteiger partial charge in [0, 0.05) is 59.1 Å². The first-order valence-corrected chi connectivity index (χ1v) is 20.8. The number of ether oxygens (including phenoxy) is 9. The van der Waals surface area contributed by atoms with Gasteiger partial charge in [-0.1, -0.05) is 20.8 Å². The average molecular weight is 913 g/mol. The second-order valence-corrected chi connectivity index (χ2v) is 17.6. The van der Waals surface area contributed by atoms with Crippen molar-refractivity contribution in [2.45, 2.75) is 128 Å². The predicted octanol–water partition coefficient (Wildman–Crippen LogP) is 1.42. The Bertz CT molecular complexity index is 2360. The standard InChI is InChI=1S/C44H52N2O19/c1-20(2)38(53)58-19-43-36(61-24(6)49)32(59-22(4)47)30-34(60-23(5)48)44(43)42(9,56)35(33(37(43)62-25(7)50)64-39(54)26-13-14-28(51)46(10)17-26)63-29(52)16-21(3)31-27(12-11-15-45-31)40(55)57-18-41(30,8)65-44/h11-15,17,20-21,30,32-37,56H,16,18-19H2,1-10H3/t21?,30-,32-,33+,34-,35+,36-,37+,41+,42+,43-,44+/m1/s1. The molecule has 2 saturated carbocycles. The van der Waals surface area contributed by atoms with Crippen molar-refractivity contribution < 1.29 is 86.1 Å². The first-order chi connectivity index (χ1) is 30.3. The molecule has 21 heteroatoms. The van der Waals surface area contributed by atoms with Crippen molar-refractivity contribution in [3.63, 3.8) is 0 Å². The molecule has 1 spiro atoms. The highest BCUT2D eigenvalue weighted by Crippen LogP contribution is 2.70. The van der Waals surface area contributed by atoms with Crippen LogP contribution in [0.25, 0.3) is 0 Å². The number of carbonyl (C=O) groups is 8. The summed E-state index contributed by atoms with van der Waals surface area (Å²) >= 11 is 0. The highest BCUT2D eigenvalue weighted by atomic mass is 16.7. The second-order valence-electron chi connectivity index (χ2n) is 17.6. The third-order valence-corrected chi connectivity index (χ3v) is 12.5. The maximum atomic E-state index is 14.4. The van der Waals surface area contributed by atoms with Gasteiger partial charge in [0.2, 0.25) is 5.56 Å². The minimum atomic E-state index is -2.93. The molecule has 3 fully saturated rings. The Morgan fingerprint density at radius 3 is 2.05 bits per heavy atom. The Balaban J connectivity index is 1.79. The molecule has 1 saturated heterocycles. The van der Waals surface area contributed by atoms with E-state index in [-0.39, 0.29) is 16.8 Å². The summed E-state index contributed by atoms with van der Waals surface area (Å²) in [6.07, 6.45) is -10.7. The maximum absolute atomic E-state index is 14.4. The lowest BCUT2D eigenvalue weighted by Crippen LogP contribution is -2.89.